The van der Waals surface area contributed by atoms with Gasteiger partial charge in [-0.3, -0.25) is 24.5 Å². The molecule has 0 aliphatic carbocycles. The van der Waals surface area contributed by atoms with E-state index in [0.717, 1.165) is 116 Å². The molecule has 474 valence electrons. The molecule has 4 heterocycles. The first-order chi connectivity index (χ1) is 43.0. The Morgan fingerprint density at radius 2 is 0.826 bits per heavy atom. The summed E-state index contributed by atoms with van der Waals surface area (Å²) in [6.07, 6.45) is 5.41. The molecule has 0 amide bonds. The molecule has 0 bridgehead atoms. The van der Waals surface area contributed by atoms with Gasteiger partial charge in [0.25, 0.3) is 0 Å². The number of pyridine rings is 4. The fraction of sp³-hybridized carbons (Fsp3) is 0.324. The van der Waals surface area contributed by atoms with Crippen molar-refractivity contribution in [2.75, 3.05) is 25.4 Å². The SMILES string of the molecule is CC(C)(c1cccc(CF)n1)c1cccc(CCP)c1[O][AlH].CC(C)(c1cccc(Cc2ccccc2)n1)c1cccc(CCN)c1O.Cc1cccc(C(C)(C)c2cccc(CCN)c2O)n1.Cc1cccc(C(C)(C)c2cccc(CCP=O)c2[O][AlH])n1.[Sc].[Sc]. The molecule has 4 aromatic heterocycles. The van der Waals surface area contributed by atoms with E-state index in [0.29, 0.717) is 49.3 Å². The number of rotatable bonds is 22. The molecule has 6 N–H and O–H groups in total. The standard InChI is InChI=1S/C23H26N2O.C17H21FNOP.C17H22N2O.C17H20NO2P.2Al.2Sc.2H/c1-23(2,20-12-6-10-18(14-15-24)22(20)26)21-13-7-11-19(25-21)16-17-8-4-3-5-9-17;1-17(2,15-8-4-6-13(11-18)19-15)14-7-3-5-12(9-10-21)16(14)20;1-12-6-4-9-15(19-12)17(2,3)14-8-5-7-13(10-11-18)16(14)20;1-12-6-4-9-15(18-12)17(2,3)14-8-5-7-13(16(14)19)10-11-21-20;;;;;;/h3-13,26H,14-16,24H2,1-2H3;3-8,20H,9-11,21H2,1-2H3;4-9,20H,10-11,18H2,1-3H3;4-9,19H,10-11H2,1-3H3;;;;;;/q;;;;2*+1;;;;/p-2. The van der Waals surface area contributed by atoms with E-state index in [2.05, 4.69) is 128 Å². The Kier molecular flexibility index (Phi) is 32.8. The Labute approximate surface area is 604 Å². The van der Waals surface area contributed by atoms with Crippen LogP contribution in [0.2, 0.25) is 0 Å². The topological polar surface area (TPSA) is 180 Å². The summed E-state index contributed by atoms with van der Waals surface area (Å²) < 4.78 is 35.1. The van der Waals surface area contributed by atoms with Crippen LogP contribution in [0, 0.1) is 13.8 Å². The molecule has 0 spiro atoms. The molecule has 5 aromatic carbocycles. The third-order valence-electron chi connectivity index (χ3n) is 16.4. The van der Waals surface area contributed by atoms with Gasteiger partial charge in [0.05, 0.1) is 40.0 Å². The van der Waals surface area contributed by atoms with Crippen molar-refractivity contribution in [3.63, 3.8) is 0 Å². The summed E-state index contributed by atoms with van der Waals surface area (Å²) in [5.74, 6) is 2.47. The molecule has 4 radical (unpaired) electrons. The second-order valence-electron chi connectivity index (χ2n) is 24.4. The van der Waals surface area contributed by atoms with Crippen LogP contribution < -0.4 is 19.0 Å². The zero-order valence-electron chi connectivity index (χ0n) is 55.3. The third kappa shape index (κ3) is 20.8. The molecule has 18 heteroatoms. The summed E-state index contributed by atoms with van der Waals surface area (Å²) >= 11 is 2.97. The molecular weight excluding hydrogens is 1280 g/mol. The zero-order chi connectivity index (χ0) is 65.7. The monoisotopic (exact) mass is 1370 g/mol. The van der Waals surface area contributed by atoms with Crippen LogP contribution >= 0.6 is 17.7 Å². The number of hydrogen-bond donors (Lipinski definition) is 4. The number of phenols is 2. The minimum absolute atomic E-state index is 0. The number of benzene rings is 5. The Morgan fingerprint density at radius 3 is 1.22 bits per heavy atom. The van der Waals surface area contributed by atoms with E-state index >= 15 is 0 Å². The molecule has 0 saturated carbocycles. The first-order valence-electron chi connectivity index (χ1n) is 30.6. The van der Waals surface area contributed by atoms with Gasteiger partial charge in [0.1, 0.15) is 18.2 Å². The quantitative estimate of drug-likeness (QED) is 0.0375. The number of alkyl halides is 1. The van der Waals surface area contributed by atoms with Crippen LogP contribution in [0.5, 0.6) is 23.0 Å². The minimum atomic E-state index is -0.546. The zero-order valence-corrected chi connectivity index (χ0v) is 63.8. The number of aryl methyl sites for hydroxylation is 4. The molecule has 0 saturated heterocycles. The van der Waals surface area contributed by atoms with Crippen LogP contribution in [0.25, 0.3) is 0 Å². The van der Waals surface area contributed by atoms with Crippen LogP contribution in [0.4, 0.5) is 4.39 Å². The average Bonchev–Trinajstić information content (AvgIpc) is 0.815. The van der Waals surface area contributed by atoms with Crippen molar-refractivity contribution in [3.05, 3.63) is 272 Å². The van der Waals surface area contributed by atoms with Gasteiger partial charge in [-0.25, -0.2) is 4.39 Å². The van der Waals surface area contributed by atoms with Crippen LogP contribution in [-0.4, -0.2) is 88.8 Å². The van der Waals surface area contributed by atoms with Gasteiger partial charge in [-0.15, -0.1) is 9.24 Å². The second kappa shape index (κ2) is 38.0. The average molecular weight is 1370 g/mol. The Bertz CT molecular complexity index is 3790. The fourth-order valence-corrected chi connectivity index (χ4v) is 12.4. The van der Waals surface area contributed by atoms with E-state index < -0.39 is 12.1 Å². The van der Waals surface area contributed by atoms with Gasteiger partial charge < -0.3 is 29.3 Å². The number of halogens is 1. The van der Waals surface area contributed by atoms with E-state index in [1.807, 2.05) is 135 Å². The van der Waals surface area contributed by atoms with E-state index in [-0.39, 0.29) is 76.4 Å². The molecule has 1 unspecified atom stereocenters. The third-order valence-corrected chi connectivity index (χ3v) is 17.7. The molecule has 9 rings (SSSR count). The predicted molar refractivity (Wildman–Crippen MR) is 374 cm³/mol. The normalized spacial score (nSPS) is 11.3. The summed E-state index contributed by atoms with van der Waals surface area (Å²) in [6.45, 7) is 21.4. The molecule has 0 aliphatic heterocycles. The summed E-state index contributed by atoms with van der Waals surface area (Å²) in [6, 6.07) is 58.2. The smallest absolute Gasteiger partial charge is 0.494 e. The van der Waals surface area contributed by atoms with Crippen molar-refractivity contribution in [1.82, 2.24) is 19.9 Å². The number of aromatic hydroxyl groups is 2. The Morgan fingerprint density at radius 1 is 0.467 bits per heavy atom. The Balaban J connectivity index is 0.000000261. The van der Waals surface area contributed by atoms with Crippen molar-refractivity contribution in [2.24, 2.45) is 11.5 Å². The molecule has 11 nitrogen and oxygen atoms in total. The summed E-state index contributed by atoms with van der Waals surface area (Å²) in [5.41, 5.74) is 26.4. The van der Waals surface area contributed by atoms with Crippen molar-refractivity contribution < 1.29 is 78.4 Å². The van der Waals surface area contributed by atoms with E-state index in [4.69, 9.17) is 24.0 Å². The maximum absolute atomic E-state index is 12.9. The summed E-state index contributed by atoms with van der Waals surface area (Å²) in [5, 5.41) is 21.2. The van der Waals surface area contributed by atoms with Crippen LogP contribution in [-0.2, 0) is 117 Å². The number of nitrogens with zero attached hydrogens (tertiary/aromatic N) is 4. The number of aromatic nitrogens is 4. The van der Waals surface area contributed by atoms with Crippen molar-refractivity contribution >= 4 is 50.9 Å². The van der Waals surface area contributed by atoms with Crippen molar-refractivity contribution in [1.29, 1.82) is 0 Å². The summed E-state index contributed by atoms with van der Waals surface area (Å²) in [4.78, 5) is 18.6. The molecule has 9 aromatic rings. The number of hydrogen-bond acceptors (Lipinski definition) is 11. The number of phenolic OH excluding ortho intramolecular Hbond substituents is 2. The van der Waals surface area contributed by atoms with E-state index in [9.17, 15) is 19.2 Å². The van der Waals surface area contributed by atoms with E-state index in [1.54, 1.807) is 6.07 Å². The second-order valence-corrected chi connectivity index (χ2v) is 26.2. The van der Waals surface area contributed by atoms with Gasteiger partial charge in [0.2, 0.25) is 0 Å². The van der Waals surface area contributed by atoms with Gasteiger partial charge in [-0.2, -0.15) is 0 Å². The van der Waals surface area contributed by atoms with Crippen molar-refractivity contribution in [2.45, 2.75) is 130 Å². The first kappa shape index (κ1) is 79.5. The van der Waals surface area contributed by atoms with Crippen molar-refractivity contribution in [3.8, 4) is 23.0 Å². The van der Waals surface area contributed by atoms with Gasteiger partial charge in [0.15, 0.2) is 8.46 Å². The molecule has 0 fully saturated rings. The van der Waals surface area contributed by atoms with E-state index in [1.165, 1.54) is 44.4 Å². The Hall–Kier alpha value is -4.91. The van der Waals surface area contributed by atoms with Crippen LogP contribution in [0.3, 0.4) is 0 Å². The largest absolute Gasteiger partial charge is 0.650 e. The van der Waals surface area contributed by atoms with Gasteiger partial charge in [-0.05, 0) is 135 Å². The van der Waals surface area contributed by atoms with Gasteiger partial charge in [0, 0.05) is 125 Å². The maximum atomic E-state index is 12.9. The maximum Gasteiger partial charge on any atom is 0.494 e. The van der Waals surface area contributed by atoms with Gasteiger partial charge in [-0.1, -0.05) is 183 Å². The minimum Gasteiger partial charge on any atom is -0.650 e. The molecular formula is C74H89Al2FN6O5P2Sc2. The number of nitrogens with two attached hydrogens (primary N) is 2. The molecule has 1 atom stereocenters. The van der Waals surface area contributed by atoms with Crippen LogP contribution in [0.1, 0.15) is 151 Å². The predicted octanol–water partition coefficient (Wildman–Crippen LogP) is 14.4. The number of para-hydroxylation sites is 4. The molecule has 0 aliphatic rings. The molecule has 92 heavy (non-hydrogen) atoms. The van der Waals surface area contributed by atoms with Crippen LogP contribution in [0.15, 0.2) is 176 Å². The fourth-order valence-electron chi connectivity index (χ4n) is 11.1. The van der Waals surface area contributed by atoms with Gasteiger partial charge >= 0.3 is 33.2 Å². The first-order valence-corrected chi connectivity index (χ1v) is 33.5. The summed E-state index contributed by atoms with van der Waals surface area (Å²) in [7, 11) is 2.91.